The molecule has 1 N–H and O–H groups in total. The highest BCUT2D eigenvalue weighted by Crippen LogP contribution is 2.14. The highest BCUT2D eigenvalue weighted by atomic mass is 32.2. The Balaban J connectivity index is 2.54. The lowest BCUT2D eigenvalue weighted by molar-refractivity contribution is 0.687. The van der Waals surface area contributed by atoms with Gasteiger partial charge in [0.05, 0.1) is 0 Å². The molecule has 1 aromatic rings. The minimum absolute atomic E-state index is 0.427. The van der Waals surface area contributed by atoms with Gasteiger partial charge in [0.2, 0.25) is 0 Å². The first-order chi connectivity index (χ1) is 7.63. The lowest BCUT2D eigenvalue weighted by atomic mass is 10.1. The smallest absolute Gasteiger partial charge is 0.0498 e. The quantitative estimate of drug-likeness (QED) is 0.770. The molecule has 1 rings (SSSR count). The van der Waals surface area contributed by atoms with E-state index in [2.05, 4.69) is 18.8 Å². The molecule has 3 heteroatoms. The summed E-state index contributed by atoms with van der Waals surface area (Å²) in [4.78, 5) is 0.865. The van der Waals surface area contributed by atoms with E-state index in [9.17, 15) is 4.21 Å². The van der Waals surface area contributed by atoms with Gasteiger partial charge in [-0.2, -0.15) is 0 Å². The summed E-state index contributed by atoms with van der Waals surface area (Å²) in [5.41, 5.74) is 1.07. The Morgan fingerprint density at radius 1 is 1.44 bits per heavy atom. The molecule has 0 aliphatic rings. The fourth-order valence-electron chi connectivity index (χ4n) is 1.47. The van der Waals surface area contributed by atoms with E-state index in [1.165, 1.54) is 0 Å². The van der Waals surface area contributed by atoms with Crippen LogP contribution in [0.2, 0.25) is 0 Å². The van der Waals surface area contributed by atoms with Crippen LogP contribution < -0.4 is 5.32 Å². The zero-order valence-electron chi connectivity index (χ0n) is 9.90. The number of benzene rings is 1. The van der Waals surface area contributed by atoms with Crippen molar-refractivity contribution < 1.29 is 4.21 Å². The van der Waals surface area contributed by atoms with E-state index in [1.54, 1.807) is 6.26 Å². The van der Waals surface area contributed by atoms with Gasteiger partial charge in [-0.1, -0.05) is 6.08 Å². The maximum Gasteiger partial charge on any atom is 0.0498 e. The molecule has 1 aromatic carbocycles. The van der Waals surface area contributed by atoms with Crippen molar-refractivity contribution in [1.82, 2.24) is 0 Å². The molecule has 0 heterocycles. The van der Waals surface area contributed by atoms with Crippen molar-refractivity contribution in [2.75, 3.05) is 11.6 Å². The Morgan fingerprint density at radius 3 is 2.56 bits per heavy atom. The molecule has 0 fully saturated rings. The van der Waals surface area contributed by atoms with Crippen molar-refractivity contribution >= 4 is 16.5 Å². The van der Waals surface area contributed by atoms with E-state index in [0.717, 1.165) is 23.4 Å². The third-order valence-electron chi connectivity index (χ3n) is 2.40. The third-order valence-corrected chi connectivity index (χ3v) is 3.34. The number of anilines is 1. The Hall–Kier alpha value is -1.09. The molecule has 0 aromatic heterocycles. The molecule has 0 bridgehead atoms. The molecule has 0 amide bonds. The third kappa shape index (κ3) is 4.19. The molecule has 2 atom stereocenters. The molecule has 0 aliphatic heterocycles. The Morgan fingerprint density at radius 2 is 2.06 bits per heavy atom. The number of hydrogen-bond acceptors (Lipinski definition) is 2. The molecule has 88 valence electrons. The van der Waals surface area contributed by atoms with E-state index in [4.69, 9.17) is 0 Å². The molecule has 0 unspecified atom stereocenters. The molecule has 0 saturated carbocycles. The van der Waals surface area contributed by atoms with Crippen LogP contribution in [0.15, 0.2) is 41.8 Å². The SMILES string of the molecule is C=CCC[C@@H](C)Nc1ccc([S@@](C)=O)cc1. The fourth-order valence-corrected chi connectivity index (χ4v) is 1.99. The molecular weight excluding hydrogens is 218 g/mol. The molecule has 16 heavy (non-hydrogen) atoms. The van der Waals surface area contributed by atoms with Gasteiger partial charge in [0, 0.05) is 33.7 Å². The summed E-state index contributed by atoms with van der Waals surface area (Å²) >= 11 is 0. The van der Waals surface area contributed by atoms with Crippen LogP contribution in [0, 0.1) is 0 Å². The normalized spacial score (nSPS) is 14.1. The van der Waals surface area contributed by atoms with Crippen LogP contribution in [0.3, 0.4) is 0 Å². The largest absolute Gasteiger partial charge is 0.383 e. The fraction of sp³-hybridized carbons (Fsp3) is 0.385. The summed E-state index contributed by atoms with van der Waals surface area (Å²) in [6.45, 7) is 5.86. The van der Waals surface area contributed by atoms with Crippen LogP contribution in [0.4, 0.5) is 5.69 Å². The van der Waals surface area contributed by atoms with Crippen molar-refractivity contribution in [3.63, 3.8) is 0 Å². The molecule has 0 spiro atoms. The highest BCUT2D eigenvalue weighted by molar-refractivity contribution is 7.84. The first kappa shape index (κ1) is 13.0. The lowest BCUT2D eigenvalue weighted by Gasteiger charge is -2.14. The number of hydrogen-bond donors (Lipinski definition) is 1. The molecule has 0 aliphatic carbocycles. The van der Waals surface area contributed by atoms with Crippen LogP contribution in [-0.2, 0) is 10.8 Å². The van der Waals surface area contributed by atoms with Gasteiger partial charge in [-0.15, -0.1) is 6.58 Å². The summed E-state index contributed by atoms with van der Waals surface area (Å²) in [5.74, 6) is 0. The zero-order valence-corrected chi connectivity index (χ0v) is 10.7. The summed E-state index contributed by atoms with van der Waals surface area (Å²) in [5, 5.41) is 3.40. The van der Waals surface area contributed by atoms with E-state index < -0.39 is 10.8 Å². The minimum Gasteiger partial charge on any atom is -0.383 e. The Bertz CT molecular complexity index is 359. The average Bonchev–Trinajstić information content (AvgIpc) is 2.27. The van der Waals surface area contributed by atoms with Gasteiger partial charge in [0.15, 0.2) is 0 Å². The van der Waals surface area contributed by atoms with Crippen LogP contribution in [0.1, 0.15) is 19.8 Å². The minimum atomic E-state index is -0.896. The second kappa shape index (κ2) is 6.48. The van der Waals surface area contributed by atoms with Gasteiger partial charge in [0.25, 0.3) is 0 Å². The number of allylic oxidation sites excluding steroid dienone is 1. The van der Waals surface area contributed by atoms with Gasteiger partial charge < -0.3 is 5.32 Å². The predicted octanol–water partition coefficient (Wildman–Crippen LogP) is 3.19. The van der Waals surface area contributed by atoms with Crippen LogP contribution >= 0.6 is 0 Å². The van der Waals surface area contributed by atoms with Crippen molar-refractivity contribution in [3.05, 3.63) is 36.9 Å². The van der Waals surface area contributed by atoms with Crippen LogP contribution in [-0.4, -0.2) is 16.5 Å². The molecule has 2 nitrogen and oxygen atoms in total. The lowest BCUT2D eigenvalue weighted by Crippen LogP contribution is -2.14. The molecular formula is C13H19NOS. The van der Waals surface area contributed by atoms with Crippen LogP contribution in [0.5, 0.6) is 0 Å². The number of rotatable bonds is 6. The van der Waals surface area contributed by atoms with Crippen LogP contribution in [0.25, 0.3) is 0 Å². The topological polar surface area (TPSA) is 29.1 Å². The van der Waals surface area contributed by atoms with E-state index in [1.807, 2.05) is 30.3 Å². The van der Waals surface area contributed by atoms with Crippen molar-refractivity contribution in [2.24, 2.45) is 0 Å². The predicted molar refractivity (Wildman–Crippen MR) is 71.3 cm³/mol. The maximum atomic E-state index is 11.2. The molecule has 0 radical (unpaired) electrons. The van der Waals surface area contributed by atoms with E-state index >= 15 is 0 Å². The summed E-state index contributed by atoms with van der Waals surface area (Å²) in [6.07, 6.45) is 5.72. The average molecular weight is 237 g/mol. The standard InChI is InChI=1S/C13H19NOS/c1-4-5-6-11(2)14-12-7-9-13(10-8-12)16(3)15/h4,7-11,14H,1,5-6H2,2-3H3/t11-,16-/m1/s1. The van der Waals surface area contributed by atoms with E-state index in [0.29, 0.717) is 6.04 Å². The summed E-state index contributed by atoms with van der Waals surface area (Å²) in [7, 11) is -0.896. The van der Waals surface area contributed by atoms with Crippen molar-refractivity contribution in [3.8, 4) is 0 Å². The summed E-state index contributed by atoms with van der Waals surface area (Å²) < 4.78 is 11.2. The highest BCUT2D eigenvalue weighted by Gasteiger charge is 2.01. The van der Waals surface area contributed by atoms with Gasteiger partial charge in [-0.3, -0.25) is 4.21 Å². The zero-order chi connectivity index (χ0) is 12.0. The monoisotopic (exact) mass is 237 g/mol. The van der Waals surface area contributed by atoms with Gasteiger partial charge in [-0.05, 0) is 44.0 Å². The van der Waals surface area contributed by atoms with Crippen molar-refractivity contribution in [2.45, 2.75) is 30.7 Å². The second-order valence-electron chi connectivity index (χ2n) is 3.89. The summed E-state index contributed by atoms with van der Waals surface area (Å²) in [6, 6.07) is 8.18. The maximum absolute atomic E-state index is 11.2. The Labute approximate surface area is 100 Å². The molecule has 0 saturated heterocycles. The first-order valence-corrected chi connectivity index (χ1v) is 7.00. The Kier molecular flexibility index (Phi) is 5.26. The van der Waals surface area contributed by atoms with E-state index in [-0.39, 0.29) is 0 Å². The van der Waals surface area contributed by atoms with Gasteiger partial charge in [-0.25, -0.2) is 0 Å². The number of nitrogens with one attached hydrogen (secondary N) is 1. The van der Waals surface area contributed by atoms with Crippen molar-refractivity contribution in [1.29, 1.82) is 0 Å². The van der Waals surface area contributed by atoms with Gasteiger partial charge >= 0.3 is 0 Å². The first-order valence-electron chi connectivity index (χ1n) is 5.44. The van der Waals surface area contributed by atoms with Gasteiger partial charge in [0.1, 0.15) is 0 Å². The second-order valence-corrected chi connectivity index (χ2v) is 5.27.